The monoisotopic (exact) mass is 276 g/mol. The number of piperidine rings is 1. The number of rotatable bonds is 3. The van der Waals surface area contributed by atoms with E-state index in [1.54, 1.807) is 6.07 Å². The molecule has 0 aromatic heterocycles. The van der Waals surface area contributed by atoms with Crippen LogP contribution in [0.5, 0.6) is 0 Å². The molecule has 0 amide bonds. The first-order valence-corrected chi connectivity index (χ1v) is 8.01. The first kappa shape index (κ1) is 13.9. The highest BCUT2D eigenvalue weighted by atomic mass is 19.1. The molecule has 1 fully saturated rings. The van der Waals surface area contributed by atoms with Crippen LogP contribution in [0.2, 0.25) is 0 Å². The van der Waals surface area contributed by atoms with Crippen LogP contribution < -0.4 is 4.90 Å². The topological polar surface area (TPSA) is 6.48 Å². The van der Waals surface area contributed by atoms with E-state index in [1.165, 1.54) is 43.6 Å². The molecule has 0 unspecified atom stereocenters. The first-order valence-electron chi connectivity index (χ1n) is 8.01. The van der Waals surface area contributed by atoms with Gasteiger partial charge >= 0.3 is 0 Å². The number of benzene rings is 1. The number of hydrogen-bond acceptors (Lipinski definition) is 2. The second kappa shape index (κ2) is 6.13. The number of fused-ring (bicyclic) bond motifs is 1. The number of halogens is 1. The van der Waals surface area contributed by atoms with Gasteiger partial charge in [0.25, 0.3) is 0 Å². The highest BCUT2D eigenvalue weighted by Gasteiger charge is 2.22. The largest absolute Gasteiger partial charge is 0.370 e. The number of hydrogen-bond donors (Lipinski definition) is 0. The number of aryl methyl sites for hydroxylation is 1. The van der Waals surface area contributed by atoms with Crippen molar-refractivity contribution in [2.24, 2.45) is 0 Å². The molecule has 0 radical (unpaired) electrons. The van der Waals surface area contributed by atoms with Crippen LogP contribution in [0.15, 0.2) is 12.1 Å². The van der Waals surface area contributed by atoms with Gasteiger partial charge in [0.05, 0.1) is 0 Å². The van der Waals surface area contributed by atoms with E-state index in [0.29, 0.717) is 0 Å². The minimum atomic E-state index is -0.0201. The molecule has 2 aliphatic heterocycles. The Kier molecular flexibility index (Phi) is 4.25. The maximum Gasteiger partial charge on any atom is 0.128 e. The second-order valence-corrected chi connectivity index (χ2v) is 6.18. The highest BCUT2D eigenvalue weighted by molar-refractivity contribution is 5.61. The van der Waals surface area contributed by atoms with Crippen molar-refractivity contribution in [1.82, 2.24) is 4.90 Å². The lowest BCUT2D eigenvalue weighted by atomic mass is 9.97. The Morgan fingerprint density at radius 1 is 1.00 bits per heavy atom. The summed E-state index contributed by atoms with van der Waals surface area (Å²) in [5.74, 6) is -0.0201. The van der Waals surface area contributed by atoms with Crippen LogP contribution in [0, 0.1) is 12.7 Å². The Bertz CT molecular complexity index is 466. The van der Waals surface area contributed by atoms with Crippen molar-refractivity contribution in [2.45, 2.75) is 39.0 Å². The Morgan fingerprint density at radius 2 is 1.80 bits per heavy atom. The number of nitrogens with zero attached hydrogens (tertiary/aromatic N) is 2. The molecule has 1 aromatic rings. The smallest absolute Gasteiger partial charge is 0.128 e. The van der Waals surface area contributed by atoms with E-state index in [0.717, 1.165) is 38.0 Å². The van der Waals surface area contributed by atoms with Gasteiger partial charge in [-0.15, -0.1) is 0 Å². The maximum atomic E-state index is 14.0. The van der Waals surface area contributed by atoms with E-state index >= 15 is 0 Å². The predicted octanol–water partition coefficient (Wildman–Crippen LogP) is 3.37. The molecule has 2 aliphatic rings. The minimum Gasteiger partial charge on any atom is -0.370 e. The fraction of sp³-hybridized carbons (Fsp3) is 0.647. The quantitative estimate of drug-likeness (QED) is 0.835. The van der Waals surface area contributed by atoms with Crippen LogP contribution in [0.25, 0.3) is 0 Å². The van der Waals surface area contributed by atoms with Crippen LogP contribution in [0.1, 0.15) is 36.8 Å². The summed E-state index contributed by atoms with van der Waals surface area (Å²) in [6.07, 6.45) is 6.03. The lowest BCUT2D eigenvalue weighted by Crippen LogP contribution is -2.40. The van der Waals surface area contributed by atoms with E-state index in [-0.39, 0.29) is 5.82 Å². The minimum absolute atomic E-state index is 0.0201. The molecule has 3 rings (SSSR count). The highest BCUT2D eigenvalue weighted by Crippen LogP contribution is 2.32. The molecule has 2 nitrogen and oxygen atoms in total. The summed E-state index contributed by atoms with van der Waals surface area (Å²) in [7, 11) is 0. The van der Waals surface area contributed by atoms with Gasteiger partial charge in [0.1, 0.15) is 5.82 Å². The van der Waals surface area contributed by atoms with Gasteiger partial charge in [-0.2, -0.15) is 0 Å². The molecular formula is C17H25FN2. The Hall–Kier alpha value is -1.09. The zero-order valence-corrected chi connectivity index (χ0v) is 12.5. The standard InChI is InChI=1S/C17H25FN2/c1-14-7-8-16(18)15-6-5-11-20(17(14)15)13-12-19-9-3-2-4-10-19/h7-8H,2-6,9-13H2,1H3. The van der Waals surface area contributed by atoms with E-state index in [1.807, 2.05) is 6.07 Å². The summed E-state index contributed by atoms with van der Waals surface area (Å²) in [6.45, 7) is 7.82. The average Bonchev–Trinajstić information content (AvgIpc) is 2.50. The van der Waals surface area contributed by atoms with Crippen molar-refractivity contribution in [2.75, 3.05) is 37.6 Å². The molecule has 0 aliphatic carbocycles. The molecule has 0 spiro atoms. The van der Waals surface area contributed by atoms with Gasteiger partial charge < -0.3 is 9.80 Å². The normalized spacial score (nSPS) is 20.0. The van der Waals surface area contributed by atoms with Crippen molar-refractivity contribution in [1.29, 1.82) is 0 Å². The van der Waals surface area contributed by atoms with Crippen molar-refractivity contribution in [3.05, 3.63) is 29.1 Å². The number of anilines is 1. The van der Waals surface area contributed by atoms with E-state index in [4.69, 9.17) is 0 Å². The molecular weight excluding hydrogens is 251 g/mol. The van der Waals surface area contributed by atoms with Gasteiger partial charge in [-0.05, 0) is 57.3 Å². The van der Waals surface area contributed by atoms with Crippen molar-refractivity contribution in [3.8, 4) is 0 Å². The SMILES string of the molecule is Cc1ccc(F)c2c1N(CCN1CCCCC1)CCC2. The zero-order valence-electron chi connectivity index (χ0n) is 12.5. The van der Waals surface area contributed by atoms with Gasteiger partial charge in [0.15, 0.2) is 0 Å². The van der Waals surface area contributed by atoms with E-state index < -0.39 is 0 Å². The van der Waals surface area contributed by atoms with E-state index in [9.17, 15) is 4.39 Å². The molecule has 2 heterocycles. The van der Waals surface area contributed by atoms with Crippen LogP contribution >= 0.6 is 0 Å². The first-order chi connectivity index (χ1) is 9.75. The summed E-state index contributed by atoms with van der Waals surface area (Å²) in [5, 5.41) is 0. The molecule has 1 saturated heterocycles. The van der Waals surface area contributed by atoms with Crippen molar-refractivity contribution >= 4 is 5.69 Å². The molecule has 0 N–H and O–H groups in total. The molecule has 0 saturated carbocycles. The van der Waals surface area contributed by atoms with Crippen LogP contribution in [-0.4, -0.2) is 37.6 Å². The third-order valence-electron chi connectivity index (χ3n) is 4.73. The zero-order chi connectivity index (χ0) is 13.9. The summed E-state index contributed by atoms with van der Waals surface area (Å²) < 4.78 is 14.0. The third-order valence-corrected chi connectivity index (χ3v) is 4.73. The summed E-state index contributed by atoms with van der Waals surface area (Å²) in [4.78, 5) is 4.97. The third kappa shape index (κ3) is 2.83. The molecule has 0 bridgehead atoms. The molecule has 110 valence electrons. The molecule has 1 aromatic carbocycles. The van der Waals surface area contributed by atoms with Gasteiger partial charge in [-0.25, -0.2) is 4.39 Å². The van der Waals surface area contributed by atoms with Gasteiger partial charge in [-0.1, -0.05) is 12.5 Å². The lowest BCUT2D eigenvalue weighted by Gasteiger charge is -2.35. The fourth-order valence-electron chi connectivity index (χ4n) is 3.63. The Labute approximate surface area is 121 Å². The lowest BCUT2D eigenvalue weighted by molar-refractivity contribution is 0.233. The number of likely N-dealkylation sites (tertiary alicyclic amines) is 1. The van der Waals surface area contributed by atoms with Gasteiger partial charge in [0.2, 0.25) is 0 Å². The summed E-state index contributed by atoms with van der Waals surface area (Å²) in [6, 6.07) is 3.55. The van der Waals surface area contributed by atoms with Gasteiger partial charge in [0, 0.05) is 30.9 Å². The molecule has 20 heavy (non-hydrogen) atoms. The summed E-state index contributed by atoms with van der Waals surface area (Å²) >= 11 is 0. The van der Waals surface area contributed by atoms with Crippen LogP contribution in [-0.2, 0) is 6.42 Å². The molecule has 3 heteroatoms. The predicted molar refractivity (Wildman–Crippen MR) is 82.0 cm³/mol. The van der Waals surface area contributed by atoms with Crippen LogP contribution in [0.4, 0.5) is 10.1 Å². The van der Waals surface area contributed by atoms with E-state index in [2.05, 4.69) is 16.7 Å². The molecule has 0 atom stereocenters. The average molecular weight is 276 g/mol. The van der Waals surface area contributed by atoms with Crippen LogP contribution in [0.3, 0.4) is 0 Å². The second-order valence-electron chi connectivity index (χ2n) is 6.18. The summed E-state index contributed by atoms with van der Waals surface area (Å²) in [5.41, 5.74) is 3.34. The van der Waals surface area contributed by atoms with Gasteiger partial charge in [-0.3, -0.25) is 0 Å². The Balaban J connectivity index is 1.71. The van der Waals surface area contributed by atoms with Crippen molar-refractivity contribution in [3.63, 3.8) is 0 Å². The van der Waals surface area contributed by atoms with Crippen molar-refractivity contribution < 1.29 is 4.39 Å². The maximum absolute atomic E-state index is 14.0. The Morgan fingerprint density at radius 3 is 2.60 bits per heavy atom. The fourth-order valence-corrected chi connectivity index (χ4v) is 3.63.